The van der Waals surface area contributed by atoms with Crippen LogP contribution in [0.25, 0.3) is 0 Å². The van der Waals surface area contributed by atoms with E-state index >= 15 is 0 Å². The summed E-state index contributed by atoms with van der Waals surface area (Å²) in [4.78, 5) is 12.0. The zero-order valence-electron chi connectivity index (χ0n) is 10.3. The van der Waals surface area contributed by atoms with Crippen LogP contribution in [0.15, 0.2) is 48.5 Å². The molecule has 3 heteroatoms. The zero-order valence-corrected chi connectivity index (χ0v) is 10.3. The third kappa shape index (κ3) is 3.26. The van der Waals surface area contributed by atoms with Gasteiger partial charge in [-0.2, -0.15) is 5.26 Å². The first kappa shape index (κ1) is 13.0. The van der Waals surface area contributed by atoms with Gasteiger partial charge in [-0.15, -0.1) is 0 Å². The van der Waals surface area contributed by atoms with E-state index in [1.165, 1.54) is 12.1 Å². The van der Waals surface area contributed by atoms with Crippen molar-refractivity contribution in [3.63, 3.8) is 0 Å². The molecule has 0 fully saturated rings. The first-order valence-corrected chi connectivity index (χ1v) is 5.97. The van der Waals surface area contributed by atoms with E-state index in [4.69, 9.17) is 5.26 Å². The summed E-state index contributed by atoms with van der Waals surface area (Å²) in [5, 5.41) is 8.94. The average Bonchev–Trinajstić information content (AvgIpc) is 2.46. The second-order valence-corrected chi connectivity index (χ2v) is 4.21. The smallest absolute Gasteiger partial charge is 0.164 e. The highest BCUT2D eigenvalue weighted by atomic mass is 19.1. The molecule has 0 spiro atoms. The van der Waals surface area contributed by atoms with Gasteiger partial charge >= 0.3 is 0 Å². The van der Waals surface area contributed by atoms with E-state index in [0.29, 0.717) is 24.0 Å². The van der Waals surface area contributed by atoms with Crippen LogP contribution in [-0.4, -0.2) is 5.78 Å². The van der Waals surface area contributed by atoms with Gasteiger partial charge in [-0.25, -0.2) is 4.39 Å². The summed E-state index contributed by atoms with van der Waals surface area (Å²) in [5.74, 6) is -0.355. The van der Waals surface area contributed by atoms with Gasteiger partial charge in [0.1, 0.15) is 5.82 Å². The Balaban J connectivity index is 2.06. The van der Waals surface area contributed by atoms with Crippen molar-refractivity contribution < 1.29 is 9.18 Å². The Morgan fingerprint density at radius 3 is 2.47 bits per heavy atom. The zero-order chi connectivity index (χ0) is 13.7. The fourth-order valence-electron chi connectivity index (χ4n) is 1.87. The third-order valence-corrected chi connectivity index (χ3v) is 2.90. The maximum atomic E-state index is 12.7. The lowest BCUT2D eigenvalue weighted by molar-refractivity contribution is 0.0982. The number of carbonyl (C=O) groups is 1. The number of aryl methyl sites for hydroxylation is 1. The van der Waals surface area contributed by atoms with Crippen molar-refractivity contribution in [1.29, 1.82) is 5.26 Å². The van der Waals surface area contributed by atoms with Gasteiger partial charge in [0.05, 0.1) is 11.6 Å². The number of carbonyl (C=O) groups excluding carboxylic acids is 1. The van der Waals surface area contributed by atoms with E-state index in [1.807, 2.05) is 6.07 Å². The summed E-state index contributed by atoms with van der Waals surface area (Å²) in [5.41, 5.74) is 1.75. The van der Waals surface area contributed by atoms with Crippen molar-refractivity contribution >= 4 is 5.78 Å². The maximum absolute atomic E-state index is 12.7. The summed E-state index contributed by atoms with van der Waals surface area (Å²) in [6.45, 7) is 0. The van der Waals surface area contributed by atoms with E-state index in [-0.39, 0.29) is 11.6 Å². The van der Waals surface area contributed by atoms with Gasteiger partial charge in [0.2, 0.25) is 0 Å². The Kier molecular flexibility index (Phi) is 4.04. The van der Waals surface area contributed by atoms with Crippen molar-refractivity contribution in [2.45, 2.75) is 12.8 Å². The monoisotopic (exact) mass is 253 g/mol. The van der Waals surface area contributed by atoms with Crippen LogP contribution in [-0.2, 0) is 6.42 Å². The molecule has 0 unspecified atom stereocenters. The minimum atomic E-state index is -0.287. The van der Waals surface area contributed by atoms with Gasteiger partial charge in [0.15, 0.2) is 5.78 Å². The van der Waals surface area contributed by atoms with Gasteiger partial charge in [-0.05, 0) is 30.2 Å². The standard InChI is InChI=1S/C16H12FNO/c17-14-8-5-12(6-9-14)7-10-16(19)15-4-2-1-3-13(15)11-18/h1-6,8-9H,7,10H2. The molecule has 0 heterocycles. The molecular weight excluding hydrogens is 241 g/mol. The quantitative estimate of drug-likeness (QED) is 0.782. The number of hydrogen-bond acceptors (Lipinski definition) is 2. The van der Waals surface area contributed by atoms with Gasteiger partial charge < -0.3 is 0 Å². The molecule has 2 aromatic carbocycles. The molecule has 0 bridgehead atoms. The molecule has 2 aromatic rings. The molecule has 94 valence electrons. The van der Waals surface area contributed by atoms with Gasteiger partial charge in [0, 0.05) is 12.0 Å². The molecule has 0 saturated carbocycles. The summed E-state index contributed by atoms with van der Waals surface area (Å²) in [7, 11) is 0. The van der Waals surface area contributed by atoms with Crippen LogP contribution in [0.5, 0.6) is 0 Å². The van der Waals surface area contributed by atoms with Crippen molar-refractivity contribution in [3.8, 4) is 6.07 Å². The molecular formula is C16H12FNO. The van der Waals surface area contributed by atoms with Crippen molar-refractivity contribution in [2.75, 3.05) is 0 Å². The van der Waals surface area contributed by atoms with E-state index in [1.54, 1.807) is 36.4 Å². The van der Waals surface area contributed by atoms with E-state index in [2.05, 4.69) is 0 Å². The van der Waals surface area contributed by atoms with Crippen LogP contribution in [0.1, 0.15) is 27.9 Å². The summed E-state index contributed by atoms with van der Waals surface area (Å²) in [6, 6.07) is 14.9. The number of benzene rings is 2. The Morgan fingerprint density at radius 2 is 1.79 bits per heavy atom. The molecule has 0 aliphatic carbocycles. The number of hydrogen-bond donors (Lipinski definition) is 0. The average molecular weight is 253 g/mol. The van der Waals surface area contributed by atoms with Crippen molar-refractivity contribution in [2.24, 2.45) is 0 Å². The first-order valence-electron chi connectivity index (χ1n) is 5.97. The fraction of sp³-hybridized carbons (Fsp3) is 0.125. The predicted octanol–water partition coefficient (Wildman–Crippen LogP) is 3.51. The van der Waals surface area contributed by atoms with Crippen LogP contribution in [0, 0.1) is 17.1 Å². The summed E-state index contributed by atoms with van der Waals surface area (Å²) in [6.07, 6.45) is 0.850. The van der Waals surface area contributed by atoms with Crippen LogP contribution in [0.2, 0.25) is 0 Å². The summed E-state index contributed by atoms with van der Waals surface area (Å²) < 4.78 is 12.7. The van der Waals surface area contributed by atoms with Crippen LogP contribution < -0.4 is 0 Å². The molecule has 0 aromatic heterocycles. The van der Waals surface area contributed by atoms with Crippen LogP contribution >= 0.6 is 0 Å². The van der Waals surface area contributed by atoms with Gasteiger partial charge in [0.25, 0.3) is 0 Å². The Morgan fingerprint density at radius 1 is 1.11 bits per heavy atom. The third-order valence-electron chi connectivity index (χ3n) is 2.90. The number of Topliss-reactive ketones (excluding diaryl/α,β-unsaturated/α-hetero) is 1. The van der Waals surface area contributed by atoms with Crippen LogP contribution in [0.3, 0.4) is 0 Å². The minimum Gasteiger partial charge on any atom is -0.294 e. The van der Waals surface area contributed by atoms with Crippen molar-refractivity contribution in [3.05, 3.63) is 71.0 Å². The number of ketones is 1. The Bertz CT molecular complexity index is 626. The van der Waals surface area contributed by atoms with E-state index < -0.39 is 0 Å². The molecule has 0 aliphatic rings. The molecule has 2 nitrogen and oxygen atoms in total. The largest absolute Gasteiger partial charge is 0.294 e. The second kappa shape index (κ2) is 5.92. The highest BCUT2D eigenvalue weighted by molar-refractivity contribution is 5.98. The van der Waals surface area contributed by atoms with E-state index in [9.17, 15) is 9.18 Å². The fourth-order valence-corrected chi connectivity index (χ4v) is 1.87. The first-order chi connectivity index (χ1) is 9.20. The number of nitrogens with zero attached hydrogens (tertiary/aromatic N) is 1. The minimum absolute atomic E-state index is 0.0681. The lowest BCUT2D eigenvalue weighted by Gasteiger charge is -2.03. The number of rotatable bonds is 4. The van der Waals surface area contributed by atoms with Crippen molar-refractivity contribution in [1.82, 2.24) is 0 Å². The second-order valence-electron chi connectivity index (χ2n) is 4.21. The lowest BCUT2D eigenvalue weighted by Crippen LogP contribution is -2.03. The van der Waals surface area contributed by atoms with E-state index in [0.717, 1.165) is 5.56 Å². The number of halogens is 1. The molecule has 0 saturated heterocycles. The molecule has 0 aliphatic heterocycles. The maximum Gasteiger partial charge on any atom is 0.164 e. The van der Waals surface area contributed by atoms with Gasteiger partial charge in [-0.3, -0.25) is 4.79 Å². The number of nitriles is 1. The topological polar surface area (TPSA) is 40.9 Å². The molecule has 0 N–H and O–H groups in total. The Hall–Kier alpha value is -2.47. The molecule has 0 amide bonds. The van der Waals surface area contributed by atoms with Crippen LogP contribution in [0.4, 0.5) is 4.39 Å². The highest BCUT2D eigenvalue weighted by Gasteiger charge is 2.10. The highest BCUT2D eigenvalue weighted by Crippen LogP contribution is 2.13. The SMILES string of the molecule is N#Cc1ccccc1C(=O)CCc1ccc(F)cc1. The van der Waals surface area contributed by atoms with Gasteiger partial charge in [-0.1, -0.05) is 30.3 Å². The summed E-state index contributed by atoms with van der Waals surface area (Å²) >= 11 is 0. The molecule has 19 heavy (non-hydrogen) atoms. The lowest BCUT2D eigenvalue weighted by atomic mass is 9.99. The molecule has 0 atom stereocenters. The normalized spacial score (nSPS) is 9.89. The Labute approximate surface area is 111 Å². The molecule has 2 rings (SSSR count). The molecule has 0 radical (unpaired) electrons. The predicted molar refractivity (Wildman–Crippen MR) is 70.2 cm³/mol.